The van der Waals surface area contributed by atoms with Crippen LogP contribution in [0.25, 0.3) is 0 Å². The highest BCUT2D eigenvalue weighted by Gasteiger charge is 2.26. The van der Waals surface area contributed by atoms with Crippen molar-refractivity contribution in [3.8, 4) is 0 Å². The van der Waals surface area contributed by atoms with Crippen molar-refractivity contribution in [3.05, 3.63) is 17.5 Å². The van der Waals surface area contributed by atoms with Crippen molar-refractivity contribution < 1.29 is 14.4 Å². The van der Waals surface area contributed by atoms with Gasteiger partial charge in [-0.1, -0.05) is 6.92 Å². The molecule has 1 fully saturated rings. The number of piperidine rings is 1. The molecule has 0 saturated carbocycles. The molecule has 1 aromatic heterocycles. The first-order valence-corrected chi connectivity index (χ1v) is 8.63. The lowest BCUT2D eigenvalue weighted by Gasteiger charge is -2.29. The number of carbonyl (C=O) groups is 3. The number of amides is 2. The van der Waals surface area contributed by atoms with E-state index in [-0.39, 0.29) is 41.9 Å². The molecule has 0 aromatic carbocycles. The molecule has 25 heavy (non-hydrogen) atoms. The standard InChI is InChI=1S/C17H23N5O3/c1-10-6-13-12(14(23)7-10)8-19-17(20-13)21-15(24)9-22-4-2-11(3-5-22)16(18)25/h8,10-11H,2-7,9H2,1H3,(H2,18,25)(H,19,20,21,24)/t10-/m0/s1. The highest BCUT2D eigenvalue weighted by molar-refractivity contribution is 5.98. The third kappa shape index (κ3) is 4.19. The van der Waals surface area contributed by atoms with E-state index in [1.54, 1.807) is 0 Å². The van der Waals surface area contributed by atoms with Crippen LogP contribution in [0.1, 0.15) is 42.2 Å². The van der Waals surface area contributed by atoms with Crippen LogP contribution in [-0.4, -0.2) is 52.1 Å². The van der Waals surface area contributed by atoms with Crippen molar-refractivity contribution in [2.45, 2.75) is 32.6 Å². The van der Waals surface area contributed by atoms with Crippen molar-refractivity contribution in [2.24, 2.45) is 17.6 Å². The molecule has 2 aliphatic rings. The molecule has 134 valence electrons. The van der Waals surface area contributed by atoms with Gasteiger partial charge in [-0.05, 0) is 38.3 Å². The number of anilines is 1. The number of ketones is 1. The fraction of sp³-hybridized carbons (Fsp3) is 0.588. The van der Waals surface area contributed by atoms with Crippen LogP contribution in [0.4, 0.5) is 5.95 Å². The van der Waals surface area contributed by atoms with Crippen LogP contribution in [0, 0.1) is 11.8 Å². The van der Waals surface area contributed by atoms with Crippen LogP contribution in [0.3, 0.4) is 0 Å². The molecular weight excluding hydrogens is 322 g/mol. The van der Waals surface area contributed by atoms with E-state index in [0.29, 0.717) is 50.0 Å². The van der Waals surface area contributed by atoms with Gasteiger partial charge < -0.3 is 5.73 Å². The van der Waals surface area contributed by atoms with E-state index < -0.39 is 0 Å². The minimum absolute atomic E-state index is 0.0592. The minimum Gasteiger partial charge on any atom is -0.369 e. The third-order valence-electron chi connectivity index (χ3n) is 4.85. The van der Waals surface area contributed by atoms with Gasteiger partial charge in [-0.3, -0.25) is 24.6 Å². The number of Topliss-reactive ketones (excluding diaryl/α,β-unsaturated/α-hetero) is 1. The lowest BCUT2D eigenvalue weighted by atomic mass is 9.88. The summed E-state index contributed by atoms with van der Waals surface area (Å²) in [6, 6.07) is 0. The summed E-state index contributed by atoms with van der Waals surface area (Å²) in [5, 5.41) is 2.70. The van der Waals surface area contributed by atoms with Crippen molar-refractivity contribution in [2.75, 3.05) is 25.0 Å². The Labute approximate surface area is 146 Å². The monoisotopic (exact) mass is 345 g/mol. The maximum atomic E-state index is 12.2. The fourth-order valence-electron chi connectivity index (χ4n) is 3.44. The molecule has 0 spiro atoms. The highest BCUT2D eigenvalue weighted by atomic mass is 16.2. The number of primary amides is 1. The number of nitrogens with two attached hydrogens (primary N) is 1. The molecule has 3 N–H and O–H groups in total. The average molecular weight is 345 g/mol. The van der Waals surface area contributed by atoms with E-state index in [1.807, 2.05) is 11.8 Å². The Morgan fingerprint density at radius 2 is 2.04 bits per heavy atom. The number of nitrogens with one attached hydrogen (secondary N) is 1. The maximum absolute atomic E-state index is 12.2. The second-order valence-electron chi connectivity index (χ2n) is 6.99. The lowest BCUT2D eigenvalue weighted by molar-refractivity contribution is -0.123. The number of hydrogen-bond acceptors (Lipinski definition) is 6. The van der Waals surface area contributed by atoms with Crippen molar-refractivity contribution >= 4 is 23.5 Å². The van der Waals surface area contributed by atoms with Gasteiger partial charge in [-0.25, -0.2) is 9.97 Å². The summed E-state index contributed by atoms with van der Waals surface area (Å²) in [5.41, 5.74) is 6.58. The minimum atomic E-state index is -0.268. The van der Waals surface area contributed by atoms with Gasteiger partial charge in [0.1, 0.15) is 0 Å². The van der Waals surface area contributed by atoms with Gasteiger partial charge in [0.05, 0.1) is 17.8 Å². The number of nitrogens with zero attached hydrogens (tertiary/aromatic N) is 3. The first-order valence-electron chi connectivity index (χ1n) is 8.63. The van der Waals surface area contributed by atoms with Crippen LogP contribution in [0.15, 0.2) is 6.20 Å². The van der Waals surface area contributed by atoms with E-state index in [9.17, 15) is 14.4 Å². The molecule has 1 aromatic rings. The van der Waals surface area contributed by atoms with E-state index >= 15 is 0 Å². The smallest absolute Gasteiger partial charge is 0.240 e. The first kappa shape index (κ1) is 17.5. The summed E-state index contributed by atoms with van der Waals surface area (Å²) in [6.07, 6.45) is 4.09. The zero-order valence-corrected chi connectivity index (χ0v) is 14.3. The van der Waals surface area contributed by atoms with Gasteiger partial charge in [-0.15, -0.1) is 0 Å². The molecule has 1 saturated heterocycles. The Morgan fingerprint density at radius 3 is 2.72 bits per heavy atom. The third-order valence-corrected chi connectivity index (χ3v) is 4.85. The summed E-state index contributed by atoms with van der Waals surface area (Å²) >= 11 is 0. The Morgan fingerprint density at radius 1 is 1.32 bits per heavy atom. The van der Waals surface area contributed by atoms with Crippen LogP contribution in [-0.2, 0) is 16.0 Å². The molecule has 3 rings (SSSR count). The molecule has 1 atom stereocenters. The topological polar surface area (TPSA) is 118 Å². The summed E-state index contributed by atoms with van der Waals surface area (Å²) in [7, 11) is 0. The molecule has 1 aliphatic carbocycles. The molecule has 0 radical (unpaired) electrons. The summed E-state index contributed by atoms with van der Waals surface area (Å²) < 4.78 is 0. The van der Waals surface area contributed by atoms with E-state index in [0.717, 1.165) is 0 Å². The predicted molar refractivity (Wildman–Crippen MR) is 90.8 cm³/mol. The Balaban J connectivity index is 1.56. The van der Waals surface area contributed by atoms with Gasteiger partial charge in [0, 0.05) is 18.5 Å². The Hall–Kier alpha value is -2.35. The molecule has 0 unspecified atom stereocenters. The Kier molecular flexibility index (Phi) is 5.08. The largest absolute Gasteiger partial charge is 0.369 e. The van der Waals surface area contributed by atoms with Gasteiger partial charge in [0.15, 0.2) is 5.78 Å². The Bertz CT molecular complexity index is 698. The second kappa shape index (κ2) is 7.26. The van der Waals surface area contributed by atoms with E-state index in [2.05, 4.69) is 15.3 Å². The van der Waals surface area contributed by atoms with E-state index in [4.69, 9.17) is 5.73 Å². The fourth-order valence-corrected chi connectivity index (χ4v) is 3.44. The predicted octanol–water partition coefficient (Wildman–Crippen LogP) is 0.377. The second-order valence-corrected chi connectivity index (χ2v) is 6.99. The number of likely N-dealkylation sites (tertiary alicyclic amines) is 1. The SMILES string of the molecule is C[C@@H]1CC(=O)c2cnc(NC(=O)CN3CCC(C(N)=O)CC3)nc2C1. The summed E-state index contributed by atoms with van der Waals surface area (Å²) in [4.78, 5) is 45.7. The molecule has 2 heterocycles. The summed E-state index contributed by atoms with van der Waals surface area (Å²) in [5.74, 6) is -0.0163. The van der Waals surface area contributed by atoms with Crippen LogP contribution in [0.5, 0.6) is 0 Å². The molecule has 8 nitrogen and oxygen atoms in total. The molecule has 1 aliphatic heterocycles. The lowest BCUT2D eigenvalue weighted by Crippen LogP contribution is -2.42. The zero-order valence-electron chi connectivity index (χ0n) is 14.3. The van der Waals surface area contributed by atoms with Crippen molar-refractivity contribution in [3.63, 3.8) is 0 Å². The normalized spacial score (nSPS) is 21.6. The quantitative estimate of drug-likeness (QED) is 0.814. The number of fused-ring (bicyclic) bond motifs is 1. The van der Waals surface area contributed by atoms with E-state index in [1.165, 1.54) is 6.20 Å². The van der Waals surface area contributed by atoms with Crippen LogP contribution in [0.2, 0.25) is 0 Å². The maximum Gasteiger partial charge on any atom is 0.240 e. The number of aromatic nitrogens is 2. The van der Waals surface area contributed by atoms with Gasteiger partial charge in [0.25, 0.3) is 0 Å². The average Bonchev–Trinajstić information content (AvgIpc) is 2.54. The number of hydrogen-bond donors (Lipinski definition) is 2. The first-order chi connectivity index (χ1) is 11.9. The van der Waals surface area contributed by atoms with Crippen molar-refractivity contribution in [1.82, 2.24) is 14.9 Å². The van der Waals surface area contributed by atoms with Crippen molar-refractivity contribution in [1.29, 1.82) is 0 Å². The van der Waals surface area contributed by atoms with Gasteiger partial charge >= 0.3 is 0 Å². The van der Waals surface area contributed by atoms with Crippen LogP contribution >= 0.6 is 0 Å². The highest BCUT2D eigenvalue weighted by Crippen LogP contribution is 2.24. The molecular formula is C17H23N5O3. The number of rotatable bonds is 4. The molecule has 2 amide bonds. The zero-order chi connectivity index (χ0) is 18.0. The summed E-state index contributed by atoms with van der Waals surface area (Å²) in [6.45, 7) is 3.56. The van der Waals surface area contributed by atoms with Crippen LogP contribution < -0.4 is 11.1 Å². The molecule has 0 bridgehead atoms. The van der Waals surface area contributed by atoms with Gasteiger partial charge in [-0.2, -0.15) is 0 Å². The molecule has 8 heteroatoms. The number of carbonyl (C=O) groups excluding carboxylic acids is 3. The van der Waals surface area contributed by atoms with Gasteiger partial charge in [0.2, 0.25) is 17.8 Å².